The Kier molecular flexibility index (Phi) is 3.90. The van der Waals surface area contributed by atoms with E-state index in [1.807, 2.05) is 0 Å². The van der Waals surface area contributed by atoms with Crippen LogP contribution in [-0.2, 0) is 10.1 Å². The van der Waals surface area contributed by atoms with Gasteiger partial charge in [0.2, 0.25) is 0 Å². The van der Waals surface area contributed by atoms with Gasteiger partial charge in [-0.2, -0.15) is 21.6 Å². The van der Waals surface area contributed by atoms with Crippen molar-refractivity contribution in [2.45, 2.75) is 25.4 Å². The Morgan fingerprint density at radius 2 is 1.73 bits per heavy atom. The molecule has 0 aliphatic heterocycles. The largest absolute Gasteiger partial charge is 0.534 e. The maximum atomic E-state index is 12.4. The first kappa shape index (κ1) is 16.3. The van der Waals surface area contributed by atoms with Crippen molar-refractivity contribution in [3.8, 4) is 5.88 Å². The maximum Gasteiger partial charge on any atom is 0.534 e. The van der Waals surface area contributed by atoms with Crippen molar-refractivity contribution in [1.29, 1.82) is 0 Å². The maximum absolute atomic E-state index is 12.4. The van der Waals surface area contributed by atoms with Gasteiger partial charge in [-0.15, -0.1) is 5.10 Å². The average Bonchev–Trinajstić information content (AvgIpc) is 2.40. The lowest BCUT2D eigenvalue weighted by Gasteiger charge is -2.14. The number of hydrogen-bond donors (Lipinski definition) is 0. The summed E-state index contributed by atoms with van der Waals surface area (Å²) in [5.41, 5.74) is -6.14. The summed E-state index contributed by atoms with van der Waals surface area (Å²) in [4.78, 5) is 12.2. The summed E-state index contributed by atoms with van der Waals surface area (Å²) in [6.45, 7) is 3.15. The summed E-state index contributed by atoms with van der Waals surface area (Å²) < 4.78 is 64.6. The van der Waals surface area contributed by atoms with Crippen LogP contribution in [0.1, 0.15) is 19.9 Å². The van der Waals surface area contributed by atoms with E-state index in [2.05, 4.69) is 9.28 Å². The zero-order valence-electron chi connectivity index (χ0n) is 11.5. The lowest BCUT2D eigenvalue weighted by atomic mass is 10.2. The molecule has 1 heterocycles. The second kappa shape index (κ2) is 5.27. The molecule has 0 unspecified atom stereocenters. The highest BCUT2D eigenvalue weighted by Gasteiger charge is 2.49. The number of benzene rings is 1. The fourth-order valence-corrected chi connectivity index (χ4v) is 2.16. The molecule has 0 aliphatic carbocycles. The van der Waals surface area contributed by atoms with Crippen LogP contribution in [0.25, 0.3) is 10.8 Å². The van der Waals surface area contributed by atoms with Crippen LogP contribution in [0.3, 0.4) is 0 Å². The van der Waals surface area contributed by atoms with Crippen molar-refractivity contribution in [3.05, 3.63) is 34.6 Å². The van der Waals surface area contributed by atoms with Gasteiger partial charge in [0, 0.05) is 0 Å². The van der Waals surface area contributed by atoms with E-state index in [1.165, 1.54) is 24.3 Å². The predicted molar refractivity (Wildman–Crippen MR) is 72.0 cm³/mol. The average molecular weight is 336 g/mol. The van der Waals surface area contributed by atoms with E-state index in [-0.39, 0.29) is 10.8 Å². The van der Waals surface area contributed by atoms with Gasteiger partial charge >= 0.3 is 15.6 Å². The number of nitrogens with zero attached hydrogens (tertiary/aromatic N) is 2. The van der Waals surface area contributed by atoms with Gasteiger partial charge in [-0.3, -0.25) is 4.79 Å². The molecule has 10 heteroatoms. The Bertz CT molecular complexity index is 872. The zero-order chi connectivity index (χ0) is 16.7. The summed E-state index contributed by atoms with van der Waals surface area (Å²) in [6.07, 6.45) is 0. The lowest BCUT2D eigenvalue weighted by Crippen LogP contribution is -2.31. The molecule has 0 saturated carbocycles. The smallest absolute Gasteiger partial charge is 0.353 e. The van der Waals surface area contributed by atoms with Crippen molar-refractivity contribution in [3.63, 3.8) is 0 Å². The molecule has 0 aliphatic rings. The van der Waals surface area contributed by atoms with Gasteiger partial charge in [-0.25, -0.2) is 4.68 Å². The number of alkyl halides is 3. The molecule has 6 nitrogen and oxygen atoms in total. The van der Waals surface area contributed by atoms with Crippen LogP contribution in [-0.4, -0.2) is 23.7 Å². The predicted octanol–water partition coefficient (Wildman–Crippen LogP) is 2.21. The van der Waals surface area contributed by atoms with Gasteiger partial charge < -0.3 is 4.18 Å². The normalized spacial score (nSPS) is 12.8. The molecular weight excluding hydrogens is 325 g/mol. The Hall–Kier alpha value is -2.10. The third-order valence-electron chi connectivity index (χ3n) is 2.76. The number of rotatable bonds is 3. The molecule has 0 amide bonds. The third-order valence-corrected chi connectivity index (χ3v) is 3.70. The monoisotopic (exact) mass is 336 g/mol. The molecule has 0 N–H and O–H groups in total. The Morgan fingerprint density at radius 3 is 2.23 bits per heavy atom. The van der Waals surface area contributed by atoms with E-state index in [1.54, 1.807) is 13.8 Å². The van der Waals surface area contributed by atoms with Crippen LogP contribution >= 0.6 is 0 Å². The van der Waals surface area contributed by atoms with Gasteiger partial charge in [0.25, 0.3) is 11.4 Å². The van der Waals surface area contributed by atoms with Crippen molar-refractivity contribution in [1.82, 2.24) is 9.78 Å². The molecule has 0 fully saturated rings. The van der Waals surface area contributed by atoms with Crippen LogP contribution in [0.4, 0.5) is 13.2 Å². The first-order valence-corrected chi connectivity index (χ1v) is 7.48. The van der Waals surface area contributed by atoms with Gasteiger partial charge in [0.1, 0.15) is 0 Å². The molecule has 0 saturated heterocycles. The Morgan fingerprint density at radius 1 is 1.18 bits per heavy atom. The molecule has 22 heavy (non-hydrogen) atoms. The first-order valence-electron chi connectivity index (χ1n) is 6.07. The van der Waals surface area contributed by atoms with E-state index in [0.717, 1.165) is 4.68 Å². The van der Waals surface area contributed by atoms with Gasteiger partial charge in [-0.05, 0) is 26.0 Å². The fourth-order valence-electron chi connectivity index (χ4n) is 1.74. The second-order valence-electron chi connectivity index (χ2n) is 4.68. The highest BCUT2D eigenvalue weighted by atomic mass is 32.2. The van der Waals surface area contributed by atoms with Crippen molar-refractivity contribution in [2.24, 2.45) is 0 Å². The van der Waals surface area contributed by atoms with Crippen LogP contribution < -0.4 is 9.74 Å². The molecule has 2 aromatic rings. The minimum absolute atomic E-state index is 0.0126. The van der Waals surface area contributed by atoms with E-state index < -0.39 is 33.1 Å². The molecule has 120 valence electrons. The number of fused-ring (bicyclic) bond motifs is 1. The third kappa shape index (κ3) is 2.78. The molecule has 1 aromatic carbocycles. The van der Waals surface area contributed by atoms with Gasteiger partial charge in [0.15, 0.2) is 0 Å². The number of hydrogen-bond acceptors (Lipinski definition) is 5. The van der Waals surface area contributed by atoms with Crippen molar-refractivity contribution >= 4 is 20.9 Å². The summed E-state index contributed by atoms with van der Waals surface area (Å²) in [5.74, 6) is -0.791. The zero-order valence-corrected chi connectivity index (χ0v) is 12.3. The summed E-state index contributed by atoms with van der Waals surface area (Å²) in [5, 5.41) is 3.50. The van der Waals surface area contributed by atoms with E-state index in [9.17, 15) is 26.4 Å². The summed E-state index contributed by atoms with van der Waals surface area (Å²) in [7, 11) is -5.88. The molecule has 0 radical (unpaired) electrons. The van der Waals surface area contributed by atoms with E-state index in [0.29, 0.717) is 0 Å². The lowest BCUT2D eigenvalue weighted by molar-refractivity contribution is -0.0501. The Labute approximate surface area is 123 Å². The van der Waals surface area contributed by atoms with Gasteiger partial charge in [-0.1, -0.05) is 12.1 Å². The molecule has 0 spiro atoms. The van der Waals surface area contributed by atoms with Gasteiger partial charge in [0.05, 0.1) is 16.8 Å². The van der Waals surface area contributed by atoms with Crippen LogP contribution in [0.15, 0.2) is 29.1 Å². The molecular formula is C12H11F3N2O4S. The summed E-state index contributed by atoms with van der Waals surface area (Å²) >= 11 is 0. The molecule has 2 rings (SSSR count). The molecule has 0 atom stereocenters. The van der Waals surface area contributed by atoms with E-state index >= 15 is 0 Å². The van der Waals surface area contributed by atoms with E-state index in [4.69, 9.17) is 0 Å². The fraction of sp³-hybridized carbons (Fsp3) is 0.333. The minimum atomic E-state index is -5.88. The minimum Gasteiger partial charge on any atom is -0.353 e. The van der Waals surface area contributed by atoms with Crippen LogP contribution in [0, 0.1) is 0 Å². The highest BCUT2D eigenvalue weighted by molar-refractivity contribution is 7.88. The highest BCUT2D eigenvalue weighted by Crippen LogP contribution is 2.29. The quantitative estimate of drug-likeness (QED) is 0.634. The SMILES string of the molecule is CC(C)n1nc(OS(=O)(=O)C(F)(F)F)c2ccccc2c1=O. The Balaban J connectivity index is 2.74. The van der Waals surface area contributed by atoms with Crippen molar-refractivity contribution < 1.29 is 25.8 Å². The molecule has 0 bridgehead atoms. The van der Waals surface area contributed by atoms with Crippen LogP contribution in [0.2, 0.25) is 0 Å². The molecule has 1 aromatic heterocycles. The first-order chi connectivity index (χ1) is 10.0. The van der Waals surface area contributed by atoms with Crippen LogP contribution in [0.5, 0.6) is 5.88 Å². The number of aromatic nitrogens is 2. The number of halogens is 3. The summed E-state index contributed by atoms with van der Waals surface area (Å²) in [6, 6.07) is 5.04. The second-order valence-corrected chi connectivity index (χ2v) is 6.22. The standard InChI is InChI=1S/C12H11F3N2O4S/c1-7(2)17-11(18)9-6-4-3-5-8(9)10(16-17)21-22(19,20)12(13,14)15/h3-7H,1-2H3. The topological polar surface area (TPSA) is 78.3 Å². The van der Waals surface area contributed by atoms with Crippen molar-refractivity contribution in [2.75, 3.05) is 0 Å².